The van der Waals surface area contributed by atoms with Gasteiger partial charge in [0.1, 0.15) is 5.52 Å². The average molecular weight is 304 g/mol. The highest BCUT2D eigenvalue weighted by Gasteiger charge is 2.48. The van der Waals surface area contributed by atoms with Crippen LogP contribution < -0.4 is 5.32 Å². The number of fused-ring (bicyclic) bond motifs is 1. The van der Waals surface area contributed by atoms with Gasteiger partial charge in [-0.05, 0) is 59.7 Å². The van der Waals surface area contributed by atoms with Gasteiger partial charge < -0.3 is 19.2 Å². The van der Waals surface area contributed by atoms with E-state index in [1.54, 1.807) is 0 Å². The number of ether oxygens (including phenoxy) is 2. The lowest BCUT2D eigenvalue weighted by Gasteiger charge is -2.25. The number of rotatable bonds is 3. The largest absolute Gasteiger partial charge is 0.424 e. The van der Waals surface area contributed by atoms with E-state index in [9.17, 15) is 0 Å². The third kappa shape index (κ3) is 2.59. The lowest BCUT2D eigenvalue weighted by atomic mass is 10.0. The molecule has 0 bridgehead atoms. The smallest absolute Gasteiger partial charge is 0.295 e. The molecule has 1 aliphatic heterocycles. The molecule has 1 N–H and O–H groups in total. The molecule has 1 fully saturated rings. The SMILES string of the molecule is CC(C)Nc1nc2cc(C3(C)OC(C)C(C)(C)O3)ccc2o1. The van der Waals surface area contributed by atoms with E-state index in [2.05, 4.69) is 10.3 Å². The summed E-state index contributed by atoms with van der Waals surface area (Å²) in [5.41, 5.74) is 2.17. The van der Waals surface area contributed by atoms with Crippen LogP contribution >= 0.6 is 0 Å². The maximum absolute atomic E-state index is 6.16. The Hall–Kier alpha value is -1.59. The summed E-state index contributed by atoms with van der Waals surface area (Å²) < 4.78 is 17.9. The van der Waals surface area contributed by atoms with Gasteiger partial charge in [-0.15, -0.1) is 0 Å². The zero-order valence-electron chi connectivity index (χ0n) is 14.1. The van der Waals surface area contributed by atoms with Crippen molar-refractivity contribution < 1.29 is 13.9 Å². The summed E-state index contributed by atoms with van der Waals surface area (Å²) in [6.07, 6.45) is 0.0173. The van der Waals surface area contributed by atoms with Gasteiger partial charge in [-0.2, -0.15) is 4.98 Å². The standard InChI is InChI=1S/C17H24N2O3/c1-10(2)18-15-19-13-9-12(7-8-14(13)20-15)17(6)21-11(3)16(4,5)22-17/h7-11H,1-6H3,(H,18,19). The van der Waals surface area contributed by atoms with E-state index in [0.717, 1.165) is 16.7 Å². The monoisotopic (exact) mass is 304 g/mol. The highest BCUT2D eigenvalue weighted by atomic mass is 16.8. The predicted octanol–water partition coefficient (Wildman–Crippen LogP) is 4.03. The minimum absolute atomic E-state index is 0.0173. The Labute approximate surface area is 131 Å². The number of oxazole rings is 1. The van der Waals surface area contributed by atoms with Crippen molar-refractivity contribution in [1.82, 2.24) is 4.98 Å². The van der Waals surface area contributed by atoms with Gasteiger partial charge in [-0.3, -0.25) is 0 Å². The summed E-state index contributed by atoms with van der Waals surface area (Å²) in [7, 11) is 0. The highest BCUT2D eigenvalue weighted by molar-refractivity contribution is 5.75. The number of hydrogen-bond acceptors (Lipinski definition) is 5. The molecule has 2 atom stereocenters. The normalized spacial score (nSPS) is 27.7. The third-order valence-corrected chi connectivity index (χ3v) is 4.16. The zero-order valence-corrected chi connectivity index (χ0v) is 14.1. The molecule has 1 aliphatic rings. The highest BCUT2D eigenvalue weighted by Crippen LogP contribution is 2.43. The number of hydrogen-bond donors (Lipinski definition) is 1. The molecular formula is C17H24N2O3. The lowest BCUT2D eigenvalue weighted by molar-refractivity contribution is -0.179. The van der Waals surface area contributed by atoms with E-state index in [1.165, 1.54) is 0 Å². The van der Waals surface area contributed by atoms with Crippen molar-refractivity contribution in [2.75, 3.05) is 5.32 Å². The quantitative estimate of drug-likeness (QED) is 0.927. The molecule has 0 aliphatic carbocycles. The Bertz CT molecular complexity index is 692. The van der Waals surface area contributed by atoms with E-state index in [4.69, 9.17) is 13.9 Å². The second-order valence-corrected chi connectivity index (χ2v) is 6.91. The van der Waals surface area contributed by atoms with Gasteiger partial charge in [0, 0.05) is 11.6 Å². The summed E-state index contributed by atoms with van der Waals surface area (Å²) in [4.78, 5) is 4.48. The fourth-order valence-electron chi connectivity index (χ4n) is 2.73. The van der Waals surface area contributed by atoms with Crippen LogP contribution in [0.5, 0.6) is 0 Å². The van der Waals surface area contributed by atoms with Gasteiger partial charge in [0.2, 0.25) is 0 Å². The Morgan fingerprint density at radius 1 is 1.23 bits per heavy atom. The first-order valence-electron chi connectivity index (χ1n) is 7.75. The second kappa shape index (κ2) is 4.96. The summed E-state index contributed by atoms with van der Waals surface area (Å²) in [6.45, 7) is 12.2. The van der Waals surface area contributed by atoms with E-state index >= 15 is 0 Å². The number of aromatic nitrogens is 1. The number of anilines is 1. The molecule has 0 radical (unpaired) electrons. The Morgan fingerprint density at radius 2 is 1.95 bits per heavy atom. The lowest BCUT2D eigenvalue weighted by Crippen LogP contribution is -2.31. The minimum atomic E-state index is -0.762. The number of nitrogens with one attached hydrogen (secondary N) is 1. The van der Waals surface area contributed by atoms with Crippen molar-refractivity contribution in [1.29, 1.82) is 0 Å². The molecule has 22 heavy (non-hydrogen) atoms. The maximum Gasteiger partial charge on any atom is 0.295 e. The molecule has 0 spiro atoms. The van der Waals surface area contributed by atoms with Crippen LogP contribution in [0.4, 0.5) is 6.01 Å². The molecule has 2 aromatic rings. The van der Waals surface area contributed by atoms with Gasteiger partial charge in [0.05, 0.1) is 11.7 Å². The van der Waals surface area contributed by atoms with Crippen LogP contribution in [0.1, 0.15) is 47.1 Å². The van der Waals surface area contributed by atoms with Crippen molar-refractivity contribution >= 4 is 17.1 Å². The van der Waals surface area contributed by atoms with Crippen LogP contribution in [0.25, 0.3) is 11.1 Å². The topological polar surface area (TPSA) is 56.5 Å². The van der Waals surface area contributed by atoms with Crippen molar-refractivity contribution in [3.63, 3.8) is 0 Å². The van der Waals surface area contributed by atoms with Crippen molar-refractivity contribution in [2.45, 2.75) is 65.1 Å². The fraction of sp³-hybridized carbons (Fsp3) is 0.588. The van der Waals surface area contributed by atoms with Crippen LogP contribution in [-0.4, -0.2) is 22.7 Å². The van der Waals surface area contributed by atoms with Gasteiger partial charge >= 0.3 is 0 Å². The van der Waals surface area contributed by atoms with Crippen LogP contribution in [0.15, 0.2) is 22.6 Å². The average Bonchev–Trinajstić information content (AvgIpc) is 2.86. The first-order chi connectivity index (χ1) is 10.2. The van der Waals surface area contributed by atoms with Crippen molar-refractivity contribution in [2.24, 2.45) is 0 Å². The minimum Gasteiger partial charge on any atom is -0.424 e. The van der Waals surface area contributed by atoms with Gasteiger partial charge in [0.25, 0.3) is 6.01 Å². The summed E-state index contributed by atoms with van der Waals surface area (Å²) >= 11 is 0. The van der Waals surface area contributed by atoms with Crippen LogP contribution in [0.3, 0.4) is 0 Å². The molecule has 2 heterocycles. The van der Waals surface area contributed by atoms with Crippen LogP contribution in [0, 0.1) is 0 Å². The molecule has 5 heteroatoms. The van der Waals surface area contributed by atoms with E-state index in [0.29, 0.717) is 6.01 Å². The molecule has 3 rings (SSSR count). The van der Waals surface area contributed by atoms with E-state index in [-0.39, 0.29) is 17.7 Å². The maximum atomic E-state index is 6.16. The van der Waals surface area contributed by atoms with E-state index < -0.39 is 5.79 Å². The van der Waals surface area contributed by atoms with Gasteiger partial charge in [-0.1, -0.05) is 0 Å². The number of nitrogens with zero attached hydrogens (tertiary/aromatic N) is 1. The molecule has 1 aromatic carbocycles. The van der Waals surface area contributed by atoms with Gasteiger partial charge in [0.15, 0.2) is 11.4 Å². The molecular weight excluding hydrogens is 280 g/mol. The Kier molecular flexibility index (Phi) is 3.45. The Morgan fingerprint density at radius 3 is 2.55 bits per heavy atom. The Balaban J connectivity index is 1.95. The summed E-state index contributed by atoms with van der Waals surface area (Å²) in [5.74, 6) is -0.762. The van der Waals surface area contributed by atoms with E-state index in [1.807, 2.05) is 59.7 Å². The second-order valence-electron chi connectivity index (χ2n) is 6.91. The van der Waals surface area contributed by atoms with Gasteiger partial charge in [-0.25, -0.2) is 0 Å². The zero-order chi connectivity index (χ0) is 16.1. The molecule has 1 saturated heterocycles. The van der Waals surface area contributed by atoms with Crippen molar-refractivity contribution in [3.05, 3.63) is 23.8 Å². The molecule has 1 aromatic heterocycles. The molecule has 0 saturated carbocycles. The number of benzene rings is 1. The molecule has 0 amide bonds. The third-order valence-electron chi connectivity index (χ3n) is 4.16. The first kappa shape index (κ1) is 15.3. The summed E-state index contributed by atoms with van der Waals surface area (Å²) in [6, 6.07) is 6.67. The fourth-order valence-corrected chi connectivity index (χ4v) is 2.73. The molecule has 5 nitrogen and oxygen atoms in total. The first-order valence-corrected chi connectivity index (χ1v) is 7.75. The molecule has 2 unspecified atom stereocenters. The predicted molar refractivity (Wildman–Crippen MR) is 85.8 cm³/mol. The summed E-state index contributed by atoms with van der Waals surface area (Å²) in [5, 5.41) is 3.17. The van der Waals surface area contributed by atoms with Crippen LogP contribution in [0.2, 0.25) is 0 Å². The molecule has 120 valence electrons. The van der Waals surface area contributed by atoms with Crippen LogP contribution in [-0.2, 0) is 15.3 Å². The van der Waals surface area contributed by atoms with Crippen molar-refractivity contribution in [3.8, 4) is 0 Å².